The molecule has 248 valence electrons. The molecule has 1 rings (SSSR count). The van der Waals surface area contributed by atoms with Crippen molar-refractivity contribution in [2.75, 3.05) is 37.8 Å². The van der Waals surface area contributed by atoms with Crippen LogP contribution in [0.2, 0.25) is 0 Å². The maximum atomic E-state index is 12.5. The van der Waals surface area contributed by atoms with Crippen LogP contribution in [0.3, 0.4) is 0 Å². The van der Waals surface area contributed by atoms with Crippen LogP contribution in [0.1, 0.15) is 91.9 Å². The van der Waals surface area contributed by atoms with E-state index in [2.05, 4.69) is 21.3 Å². The van der Waals surface area contributed by atoms with Gasteiger partial charge in [0, 0.05) is 24.6 Å². The lowest BCUT2D eigenvalue weighted by atomic mass is 9.97. The Morgan fingerprint density at radius 2 is 1.36 bits per heavy atom. The highest BCUT2D eigenvalue weighted by Crippen LogP contribution is 2.29. The van der Waals surface area contributed by atoms with Crippen molar-refractivity contribution in [3.05, 3.63) is 0 Å². The SMILES string of the molecule is CC.[B]C(=O)CCCCCSCNC(=O)CNC(=O)CNC(=O)CNC(=O)CCCCCN1C(=O)CC(SC(C)CC)C1=O. The van der Waals surface area contributed by atoms with E-state index in [4.69, 9.17) is 7.85 Å². The first-order valence-corrected chi connectivity index (χ1v) is 17.6. The third-order valence-electron chi connectivity index (χ3n) is 6.38. The minimum absolute atomic E-state index is 0.122. The van der Waals surface area contributed by atoms with Crippen LogP contribution in [0.5, 0.6) is 0 Å². The first-order chi connectivity index (χ1) is 21.0. The van der Waals surface area contributed by atoms with Gasteiger partial charge in [-0.15, -0.1) is 23.5 Å². The number of nitrogens with zero attached hydrogens (tertiary/aromatic N) is 1. The quantitative estimate of drug-likeness (QED) is 0.0553. The molecule has 1 saturated heterocycles. The molecule has 2 radical (unpaired) electrons. The van der Waals surface area contributed by atoms with Crippen LogP contribution in [-0.2, 0) is 33.6 Å². The summed E-state index contributed by atoms with van der Waals surface area (Å²) in [5, 5.41) is 9.96. The van der Waals surface area contributed by atoms with E-state index < -0.39 is 11.8 Å². The zero-order valence-electron chi connectivity index (χ0n) is 26.7. The Morgan fingerprint density at radius 3 is 1.95 bits per heavy atom. The Labute approximate surface area is 271 Å². The van der Waals surface area contributed by atoms with Crippen LogP contribution in [0.4, 0.5) is 0 Å². The van der Waals surface area contributed by atoms with Gasteiger partial charge >= 0.3 is 0 Å². The standard InChI is InChI=1S/C27H44BN5O7S2.C2H6/c1-3-19(2)42-20-14-26(39)33(27(20)40)12-8-4-7-11-22(35)29-15-23(36)30-16-24(37)31-17-25(38)32-18-41-13-9-5-6-10-21(28)34;1-2/h19-20H,3-18H2,1-2H3,(H,29,35)(H,30,36)(H,31,37)(H,32,38);1-2H3. The zero-order chi connectivity index (χ0) is 33.3. The average molecular weight is 656 g/mol. The molecule has 0 spiro atoms. The number of hydrogen-bond donors (Lipinski definition) is 4. The highest BCUT2D eigenvalue weighted by atomic mass is 32.2. The van der Waals surface area contributed by atoms with Gasteiger partial charge in [-0.2, -0.15) is 0 Å². The van der Waals surface area contributed by atoms with Crippen LogP contribution in [-0.4, -0.2) is 102 Å². The summed E-state index contributed by atoms with van der Waals surface area (Å²) in [6.07, 6.45) is 6.14. The zero-order valence-corrected chi connectivity index (χ0v) is 28.3. The summed E-state index contributed by atoms with van der Waals surface area (Å²) in [6.45, 7) is 7.62. The van der Waals surface area contributed by atoms with Gasteiger partial charge in [0.05, 0.1) is 36.4 Å². The molecule has 15 heteroatoms. The summed E-state index contributed by atoms with van der Waals surface area (Å²) in [5.41, 5.74) is -0.305. The Morgan fingerprint density at radius 1 is 0.818 bits per heavy atom. The largest absolute Gasteiger partial charge is 0.347 e. The van der Waals surface area contributed by atoms with E-state index in [-0.39, 0.29) is 67.0 Å². The fourth-order valence-electron chi connectivity index (χ4n) is 3.80. The van der Waals surface area contributed by atoms with Gasteiger partial charge in [-0.3, -0.25) is 33.7 Å². The molecule has 0 aromatic carbocycles. The molecule has 6 amide bonds. The van der Waals surface area contributed by atoms with E-state index in [1.807, 2.05) is 27.7 Å². The lowest BCUT2D eigenvalue weighted by molar-refractivity contribution is -0.138. The van der Waals surface area contributed by atoms with E-state index in [1.54, 1.807) is 11.8 Å². The second-order valence-corrected chi connectivity index (χ2v) is 12.8. The van der Waals surface area contributed by atoms with Gasteiger partial charge in [0.15, 0.2) is 7.85 Å². The first kappa shape index (κ1) is 41.5. The molecular weight excluding hydrogens is 605 g/mol. The third-order valence-corrected chi connectivity index (χ3v) is 8.80. The van der Waals surface area contributed by atoms with Crippen molar-refractivity contribution in [1.82, 2.24) is 26.2 Å². The van der Waals surface area contributed by atoms with Gasteiger partial charge in [0.1, 0.15) is 0 Å². The summed E-state index contributed by atoms with van der Waals surface area (Å²) in [6, 6.07) is 0. The minimum Gasteiger partial charge on any atom is -0.347 e. The van der Waals surface area contributed by atoms with E-state index in [1.165, 1.54) is 16.7 Å². The van der Waals surface area contributed by atoms with Gasteiger partial charge in [0.2, 0.25) is 35.4 Å². The monoisotopic (exact) mass is 655 g/mol. The first-order valence-electron chi connectivity index (χ1n) is 15.5. The molecule has 12 nitrogen and oxygen atoms in total. The molecule has 1 aliphatic rings. The van der Waals surface area contributed by atoms with Crippen LogP contribution >= 0.6 is 23.5 Å². The summed E-state index contributed by atoms with van der Waals surface area (Å²) in [4.78, 5) is 84.2. The number of carbonyl (C=O) groups is 7. The molecule has 44 heavy (non-hydrogen) atoms. The van der Waals surface area contributed by atoms with Gasteiger partial charge in [-0.25, -0.2) is 0 Å². The number of rotatable bonds is 23. The number of amides is 6. The van der Waals surface area contributed by atoms with E-state index in [0.717, 1.165) is 31.4 Å². The minimum atomic E-state index is -0.536. The maximum absolute atomic E-state index is 12.5. The van der Waals surface area contributed by atoms with Crippen molar-refractivity contribution in [1.29, 1.82) is 0 Å². The molecule has 0 aromatic rings. The van der Waals surface area contributed by atoms with Crippen molar-refractivity contribution in [3.63, 3.8) is 0 Å². The number of likely N-dealkylation sites (tertiary alicyclic amines) is 1. The number of unbranched alkanes of at least 4 members (excludes halogenated alkanes) is 4. The highest BCUT2D eigenvalue weighted by molar-refractivity contribution is 8.01. The molecule has 4 N–H and O–H groups in total. The van der Waals surface area contributed by atoms with E-state index in [0.29, 0.717) is 43.4 Å². The molecule has 0 saturated carbocycles. The average Bonchev–Trinajstić information content (AvgIpc) is 3.26. The number of imide groups is 1. The topological polar surface area (TPSA) is 171 Å². The second-order valence-electron chi connectivity index (χ2n) is 10.0. The Kier molecular flexibility index (Phi) is 24.3. The number of nitrogens with one attached hydrogen (secondary N) is 4. The van der Waals surface area contributed by atoms with E-state index in [9.17, 15) is 33.6 Å². The van der Waals surface area contributed by atoms with Crippen molar-refractivity contribution in [3.8, 4) is 0 Å². The highest BCUT2D eigenvalue weighted by Gasteiger charge is 2.38. The molecule has 2 atom stereocenters. The Hall–Kier alpha value is -2.55. The third kappa shape index (κ3) is 20.4. The molecule has 1 heterocycles. The molecule has 1 fully saturated rings. The van der Waals surface area contributed by atoms with Crippen LogP contribution < -0.4 is 21.3 Å². The van der Waals surface area contributed by atoms with Gasteiger partial charge in [-0.05, 0) is 44.3 Å². The molecule has 0 bridgehead atoms. The summed E-state index contributed by atoms with van der Waals surface area (Å²) in [5.74, 6) is -0.773. The lowest BCUT2D eigenvalue weighted by Gasteiger charge is -2.16. The Balaban J connectivity index is 0.00000904. The van der Waals surface area contributed by atoms with Crippen molar-refractivity contribution < 1.29 is 33.6 Å². The molecule has 0 aromatic heterocycles. The summed E-state index contributed by atoms with van der Waals surface area (Å²) >= 11 is 3.08. The van der Waals surface area contributed by atoms with Gasteiger partial charge in [-0.1, -0.05) is 40.5 Å². The molecule has 2 unspecified atom stereocenters. The normalized spacial score (nSPS) is 14.7. The smallest absolute Gasteiger partial charge is 0.242 e. The maximum Gasteiger partial charge on any atom is 0.242 e. The fourth-order valence-corrected chi connectivity index (χ4v) is 5.85. The van der Waals surface area contributed by atoms with E-state index >= 15 is 0 Å². The Bertz CT molecular complexity index is 942. The fraction of sp³-hybridized carbons (Fsp3) is 0.759. The predicted octanol–water partition coefficient (Wildman–Crippen LogP) is 1.64. The van der Waals surface area contributed by atoms with Crippen molar-refractivity contribution in [2.45, 2.75) is 102 Å². The number of thioether (sulfide) groups is 2. The lowest BCUT2D eigenvalue weighted by Crippen LogP contribution is -2.44. The number of carbonyl (C=O) groups excluding carboxylic acids is 7. The van der Waals surface area contributed by atoms with Gasteiger partial charge in [0.25, 0.3) is 0 Å². The van der Waals surface area contributed by atoms with Crippen LogP contribution in [0.25, 0.3) is 0 Å². The molecule has 0 aliphatic carbocycles. The predicted molar refractivity (Wildman–Crippen MR) is 176 cm³/mol. The van der Waals surface area contributed by atoms with Gasteiger partial charge < -0.3 is 26.1 Å². The molecular formula is C29H50BN5O7S2. The van der Waals surface area contributed by atoms with Crippen LogP contribution in [0.15, 0.2) is 0 Å². The molecule has 1 aliphatic heterocycles. The van der Waals surface area contributed by atoms with Crippen molar-refractivity contribution >= 4 is 72.5 Å². The summed E-state index contributed by atoms with van der Waals surface area (Å²) in [7, 11) is 5.08. The van der Waals surface area contributed by atoms with Crippen LogP contribution in [0, 0.1) is 0 Å². The summed E-state index contributed by atoms with van der Waals surface area (Å²) < 4.78 is 0. The van der Waals surface area contributed by atoms with Crippen molar-refractivity contribution in [2.24, 2.45) is 0 Å². The second kappa shape index (κ2) is 25.7. The number of hydrogen-bond acceptors (Lipinski definition) is 9.